The Balaban J connectivity index is 2.36. The zero-order valence-corrected chi connectivity index (χ0v) is 11.6. The molecule has 0 radical (unpaired) electrons. The van der Waals surface area contributed by atoms with Gasteiger partial charge in [0.1, 0.15) is 0 Å². The summed E-state index contributed by atoms with van der Waals surface area (Å²) in [6.45, 7) is 12.0. The van der Waals surface area contributed by atoms with Crippen LogP contribution in [-0.2, 0) is 11.3 Å². The van der Waals surface area contributed by atoms with Gasteiger partial charge in [0.25, 0.3) is 0 Å². The molecule has 0 spiro atoms. The Kier molecular flexibility index (Phi) is 4.38. The predicted molar refractivity (Wildman–Crippen MR) is 71.0 cm³/mol. The number of hydrogen-bond acceptors (Lipinski definition) is 1. The Morgan fingerprint density at radius 3 is 2.24 bits per heavy atom. The van der Waals surface area contributed by atoms with E-state index in [0.717, 1.165) is 6.54 Å². The molecule has 0 aliphatic carbocycles. The standard InChI is InChI=1S/C14H24N2O/c1-11-6-7-12(2)16(11)9-8-15-13(17)10-14(3,4)5/h6-7H,8-10H2,1-5H3,(H,15,17). The molecule has 1 rings (SSSR count). The van der Waals surface area contributed by atoms with E-state index in [9.17, 15) is 4.79 Å². The first-order chi connectivity index (χ1) is 7.79. The Hall–Kier alpha value is -1.25. The van der Waals surface area contributed by atoms with Crippen molar-refractivity contribution in [1.82, 2.24) is 9.88 Å². The van der Waals surface area contributed by atoms with Crippen LogP contribution in [0.5, 0.6) is 0 Å². The first-order valence-corrected chi connectivity index (χ1v) is 6.19. The van der Waals surface area contributed by atoms with E-state index in [1.807, 2.05) is 0 Å². The summed E-state index contributed by atoms with van der Waals surface area (Å²) in [6.07, 6.45) is 0.580. The zero-order chi connectivity index (χ0) is 13.1. The number of nitrogens with one attached hydrogen (secondary N) is 1. The van der Waals surface area contributed by atoms with Crippen molar-refractivity contribution < 1.29 is 4.79 Å². The van der Waals surface area contributed by atoms with Gasteiger partial charge in [-0.2, -0.15) is 0 Å². The highest BCUT2D eigenvalue weighted by Gasteiger charge is 2.15. The fraction of sp³-hybridized carbons (Fsp3) is 0.643. The monoisotopic (exact) mass is 236 g/mol. The minimum atomic E-state index is 0.0589. The highest BCUT2D eigenvalue weighted by Crippen LogP contribution is 2.17. The molecule has 3 nitrogen and oxygen atoms in total. The Morgan fingerprint density at radius 2 is 1.76 bits per heavy atom. The first kappa shape index (κ1) is 13.8. The van der Waals surface area contributed by atoms with Gasteiger partial charge in [0.2, 0.25) is 5.91 Å². The number of rotatable bonds is 4. The lowest BCUT2D eigenvalue weighted by molar-refractivity contribution is -0.122. The maximum atomic E-state index is 11.6. The third-order valence-electron chi connectivity index (χ3n) is 2.77. The number of amides is 1. The van der Waals surface area contributed by atoms with Crippen LogP contribution in [0.4, 0.5) is 0 Å². The average molecular weight is 236 g/mol. The molecule has 1 amide bonds. The second kappa shape index (κ2) is 5.39. The number of carbonyl (C=O) groups excluding carboxylic acids is 1. The molecule has 0 unspecified atom stereocenters. The molecule has 1 aromatic heterocycles. The van der Waals surface area contributed by atoms with Crippen molar-refractivity contribution >= 4 is 5.91 Å². The summed E-state index contributed by atoms with van der Waals surface area (Å²) in [6, 6.07) is 4.21. The molecular weight excluding hydrogens is 212 g/mol. The molecule has 3 heteroatoms. The van der Waals surface area contributed by atoms with Crippen LogP contribution in [0.15, 0.2) is 12.1 Å². The molecule has 96 valence electrons. The number of aryl methyl sites for hydroxylation is 2. The Morgan fingerprint density at radius 1 is 1.24 bits per heavy atom. The average Bonchev–Trinajstić information content (AvgIpc) is 2.46. The van der Waals surface area contributed by atoms with Crippen LogP contribution in [0, 0.1) is 19.3 Å². The highest BCUT2D eigenvalue weighted by atomic mass is 16.1. The van der Waals surface area contributed by atoms with E-state index in [0.29, 0.717) is 13.0 Å². The number of nitrogens with zero attached hydrogens (tertiary/aromatic N) is 1. The van der Waals surface area contributed by atoms with Crippen LogP contribution >= 0.6 is 0 Å². The number of carbonyl (C=O) groups is 1. The van der Waals surface area contributed by atoms with Crippen LogP contribution in [0.1, 0.15) is 38.6 Å². The van der Waals surface area contributed by atoms with Crippen LogP contribution < -0.4 is 5.32 Å². The molecule has 1 aromatic rings. The van der Waals surface area contributed by atoms with E-state index in [1.54, 1.807) is 0 Å². The number of hydrogen-bond donors (Lipinski definition) is 1. The lowest BCUT2D eigenvalue weighted by atomic mass is 9.92. The molecule has 0 aliphatic heterocycles. The summed E-state index contributed by atoms with van der Waals surface area (Å²) in [7, 11) is 0. The van der Waals surface area contributed by atoms with Gasteiger partial charge >= 0.3 is 0 Å². The van der Waals surface area contributed by atoms with Gasteiger partial charge in [-0.1, -0.05) is 20.8 Å². The summed E-state index contributed by atoms with van der Waals surface area (Å²) in [5.41, 5.74) is 2.55. The van der Waals surface area contributed by atoms with Crippen molar-refractivity contribution in [1.29, 1.82) is 0 Å². The van der Waals surface area contributed by atoms with Gasteiger partial charge in [-0.15, -0.1) is 0 Å². The van der Waals surface area contributed by atoms with Gasteiger partial charge in [0.15, 0.2) is 0 Å². The molecule has 0 bridgehead atoms. The van der Waals surface area contributed by atoms with E-state index in [1.165, 1.54) is 11.4 Å². The minimum absolute atomic E-state index is 0.0589. The number of aromatic nitrogens is 1. The van der Waals surface area contributed by atoms with Crippen molar-refractivity contribution in [2.45, 2.75) is 47.6 Å². The Bertz CT molecular complexity index is 366. The van der Waals surface area contributed by atoms with Crippen LogP contribution in [-0.4, -0.2) is 17.0 Å². The van der Waals surface area contributed by atoms with Gasteiger partial charge in [-0.25, -0.2) is 0 Å². The van der Waals surface area contributed by atoms with E-state index in [2.05, 4.69) is 56.6 Å². The smallest absolute Gasteiger partial charge is 0.220 e. The van der Waals surface area contributed by atoms with E-state index < -0.39 is 0 Å². The minimum Gasteiger partial charge on any atom is -0.354 e. The second-order valence-corrected chi connectivity index (χ2v) is 5.86. The SMILES string of the molecule is Cc1ccc(C)n1CCNC(=O)CC(C)(C)C. The molecule has 0 fully saturated rings. The van der Waals surface area contributed by atoms with E-state index in [4.69, 9.17) is 0 Å². The van der Waals surface area contributed by atoms with Crippen LogP contribution in [0.2, 0.25) is 0 Å². The summed E-state index contributed by atoms with van der Waals surface area (Å²) < 4.78 is 2.22. The third-order valence-corrected chi connectivity index (χ3v) is 2.77. The predicted octanol–water partition coefficient (Wildman–Crippen LogP) is 2.66. The Labute approximate surface area is 104 Å². The molecule has 0 aromatic carbocycles. The third kappa shape index (κ3) is 4.63. The molecular formula is C14H24N2O. The van der Waals surface area contributed by atoms with Crippen LogP contribution in [0.3, 0.4) is 0 Å². The molecule has 0 atom stereocenters. The second-order valence-electron chi connectivity index (χ2n) is 5.86. The summed E-state index contributed by atoms with van der Waals surface area (Å²) >= 11 is 0. The molecule has 1 heterocycles. The molecule has 0 saturated carbocycles. The zero-order valence-electron chi connectivity index (χ0n) is 11.6. The molecule has 17 heavy (non-hydrogen) atoms. The van der Waals surface area contributed by atoms with Crippen molar-refractivity contribution in [3.05, 3.63) is 23.5 Å². The normalized spacial score (nSPS) is 11.6. The summed E-state index contributed by atoms with van der Waals surface area (Å²) in [4.78, 5) is 11.6. The van der Waals surface area contributed by atoms with E-state index >= 15 is 0 Å². The van der Waals surface area contributed by atoms with Gasteiger partial charge in [0, 0.05) is 30.9 Å². The van der Waals surface area contributed by atoms with Crippen LogP contribution in [0.25, 0.3) is 0 Å². The van der Waals surface area contributed by atoms with E-state index in [-0.39, 0.29) is 11.3 Å². The topological polar surface area (TPSA) is 34.0 Å². The fourth-order valence-corrected chi connectivity index (χ4v) is 1.90. The lowest BCUT2D eigenvalue weighted by Crippen LogP contribution is -2.30. The lowest BCUT2D eigenvalue weighted by Gasteiger charge is -2.17. The van der Waals surface area contributed by atoms with Crippen molar-refractivity contribution in [2.75, 3.05) is 6.54 Å². The van der Waals surface area contributed by atoms with Crippen molar-refractivity contribution in [3.63, 3.8) is 0 Å². The van der Waals surface area contributed by atoms with Gasteiger partial charge in [-0.05, 0) is 31.4 Å². The molecule has 1 N–H and O–H groups in total. The fourth-order valence-electron chi connectivity index (χ4n) is 1.90. The quantitative estimate of drug-likeness (QED) is 0.856. The van der Waals surface area contributed by atoms with Gasteiger partial charge < -0.3 is 9.88 Å². The highest BCUT2D eigenvalue weighted by molar-refractivity contribution is 5.76. The van der Waals surface area contributed by atoms with Crippen molar-refractivity contribution in [3.8, 4) is 0 Å². The summed E-state index contributed by atoms with van der Waals surface area (Å²) in [5, 5.41) is 2.97. The van der Waals surface area contributed by atoms with Gasteiger partial charge in [0.05, 0.1) is 0 Å². The van der Waals surface area contributed by atoms with Gasteiger partial charge in [-0.3, -0.25) is 4.79 Å². The maximum Gasteiger partial charge on any atom is 0.220 e. The summed E-state index contributed by atoms with van der Waals surface area (Å²) in [5.74, 6) is 0.139. The van der Waals surface area contributed by atoms with Crippen molar-refractivity contribution in [2.24, 2.45) is 5.41 Å². The first-order valence-electron chi connectivity index (χ1n) is 6.19. The largest absolute Gasteiger partial charge is 0.354 e. The maximum absolute atomic E-state index is 11.6. The molecule has 0 aliphatic rings. The molecule has 0 saturated heterocycles.